The van der Waals surface area contributed by atoms with Crippen LogP contribution in [-0.4, -0.2) is 15.9 Å². The van der Waals surface area contributed by atoms with Crippen LogP contribution in [0.3, 0.4) is 0 Å². The zero-order valence-corrected chi connectivity index (χ0v) is 11.0. The number of hydrogen-bond donors (Lipinski definition) is 1. The molecule has 3 fully saturated rings. The van der Waals surface area contributed by atoms with Crippen molar-refractivity contribution in [1.29, 1.82) is 0 Å². The van der Waals surface area contributed by atoms with Gasteiger partial charge in [-0.15, -0.1) is 0 Å². The second-order valence-corrected chi connectivity index (χ2v) is 6.37. The van der Waals surface area contributed by atoms with E-state index in [2.05, 4.69) is 10.3 Å². The summed E-state index contributed by atoms with van der Waals surface area (Å²) in [7, 11) is 0. The van der Waals surface area contributed by atoms with Gasteiger partial charge in [0.15, 0.2) is 0 Å². The van der Waals surface area contributed by atoms with Gasteiger partial charge in [-0.3, -0.25) is 10.1 Å². The molecule has 0 spiro atoms. The third kappa shape index (κ3) is 1.64. The largest absolute Gasteiger partial charge is 0.361 e. The normalized spacial score (nSPS) is 38.1. The van der Waals surface area contributed by atoms with Crippen LogP contribution in [0.25, 0.3) is 0 Å². The van der Waals surface area contributed by atoms with Gasteiger partial charge >= 0.3 is 5.69 Å². The molecule has 6 heteroatoms. The van der Waals surface area contributed by atoms with Crippen molar-refractivity contribution in [2.45, 2.75) is 25.3 Å². The van der Waals surface area contributed by atoms with E-state index in [1.807, 2.05) is 0 Å². The summed E-state index contributed by atoms with van der Waals surface area (Å²) in [6, 6.07) is 1.75. The molecule has 0 aliphatic heterocycles. The zero-order valence-electron chi connectivity index (χ0n) is 10.3. The molecule has 3 saturated carbocycles. The van der Waals surface area contributed by atoms with E-state index in [1.165, 1.54) is 31.5 Å². The maximum atomic E-state index is 11.0. The summed E-state index contributed by atoms with van der Waals surface area (Å²) >= 11 is 5.77. The Hall–Kier alpha value is -1.36. The maximum Gasteiger partial charge on any atom is 0.312 e. The van der Waals surface area contributed by atoms with Crippen molar-refractivity contribution in [2.24, 2.45) is 23.7 Å². The Morgan fingerprint density at radius 1 is 1.37 bits per heavy atom. The van der Waals surface area contributed by atoms with Gasteiger partial charge in [0, 0.05) is 18.3 Å². The number of halogens is 1. The minimum atomic E-state index is -0.423. The smallest absolute Gasteiger partial charge is 0.312 e. The minimum Gasteiger partial charge on any atom is -0.361 e. The Morgan fingerprint density at radius 3 is 2.68 bits per heavy atom. The van der Waals surface area contributed by atoms with Gasteiger partial charge < -0.3 is 5.32 Å². The van der Waals surface area contributed by atoms with Crippen molar-refractivity contribution in [2.75, 3.05) is 5.32 Å². The molecule has 5 nitrogen and oxygen atoms in total. The van der Waals surface area contributed by atoms with Gasteiger partial charge in [0.05, 0.1) is 9.95 Å². The van der Waals surface area contributed by atoms with E-state index in [0.717, 1.165) is 23.7 Å². The number of anilines is 1. The fraction of sp³-hybridized carbons (Fsp3) is 0.615. The fourth-order valence-corrected chi connectivity index (χ4v) is 4.51. The number of rotatable bonds is 3. The van der Waals surface area contributed by atoms with Crippen molar-refractivity contribution in [3.05, 3.63) is 27.4 Å². The standard InChI is InChI=1S/C13H14ClN3O2/c14-8-4-9(17(18)19)13(15-5-8)16-12-10-6-1-2-7(3-6)11(10)12/h4-7,10-12H,1-3H2,(H,15,16). The van der Waals surface area contributed by atoms with Crippen LogP contribution in [0.1, 0.15) is 19.3 Å². The first kappa shape index (κ1) is 11.5. The highest BCUT2D eigenvalue weighted by atomic mass is 35.5. The lowest BCUT2D eigenvalue weighted by molar-refractivity contribution is -0.384. The van der Waals surface area contributed by atoms with Crippen LogP contribution in [0.15, 0.2) is 12.3 Å². The molecule has 2 bridgehead atoms. The van der Waals surface area contributed by atoms with Crippen LogP contribution >= 0.6 is 11.6 Å². The average Bonchev–Trinajstić information content (AvgIpc) is 2.79. The third-order valence-electron chi connectivity index (χ3n) is 5.07. The van der Waals surface area contributed by atoms with Crippen LogP contribution in [0.2, 0.25) is 5.02 Å². The van der Waals surface area contributed by atoms with Gasteiger partial charge in [-0.1, -0.05) is 11.6 Å². The third-order valence-corrected chi connectivity index (χ3v) is 5.28. The summed E-state index contributed by atoms with van der Waals surface area (Å²) in [5.41, 5.74) is -0.0233. The van der Waals surface area contributed by atoms with Gasteiger partial charge in [-0.25, -0.2) is 4.98 Å². The number of fused-ring (bicyclic) bond motifs is 5. The molecular formula is C13H14ClN3O2. The first-order chi connectivity index (χ1) is 9.15. The molecule has 1 N–H and O–H groups in total. The maximum absolute atomic E-state index is 11.0. The van der Waals surface area contributed by atoms with Gasteiger partial charge in [0.25, 0.3) is 0 Å². The highest BCUT2D eigenvalue weighted by molar-refractivity contribution is 6.30. The van der Waals surface area contributed by atoms with Crippen molar-refractivity contribution in [3.63, 3.8) is 0 Å². The van der Waals surface area contributed by atoms with E-state index >= 15 is 0 Å². The van der Waals surface area contributed by atoms with E-state index in [0.29, 0.717) is 16.9 Å². The Kier molecular flexibility index (Phi) is 2.31. The van der Waals surface area contributed by atoms with Crippen molar-refractivity contribution >= 4 is 23.1 Å². The molecule has 3 aliphatic carbocycles. The average molecular weight is 280 g/mol. The molecule has 1 heterocycles. The Morgan fingerprint density at radius 2 is 2.05 bits per heavy atom. The fourth-order valence-electron chi connectivity index (χ4n) is 4.36. The molecule has 100 valence electrons. The molecule has 4 rings (SSSR count). The highest BCUT2D eigenvalue weighted by Crippen LogP contribution is 2.66. The lowest BCUT2D eigenvalue weighted by Crippen LogP contribution is -2.14. The number of pyridine rings is 1. The van der Waals surface area contributed by atoms with Crippen LogP contribution < -0.4 is 5.32 Å². The summed E-state index contributed by atoms with van der Waals surface area (Å²) in [4.78, 5) is 14.7. The Labute approximate surface area is 115 Å². The number of hydrogen-bond acceptors (Lipinski definition) is 4. The van der Waals surface area contributed by atoms with Crippen molar-refractivity contribution in [3.8, 4) is 0 Å². The van der Waals surface area contributed by atoms with Crippen molar-refractivity contribution in [1.82, 2.24) is 4.98 Å². The predicted molar refractivity (Wildman–Crippen MR) is 71.1 cm³/mol. The van der Waals surface area contributed by atoms with E-state index < -0.39 is 4.92 Å². The summed E-state index contributed by atoms with van der Waals surface area (Å²) in [6.45, 7) is 0. The van der Waals surface area contributed by atoms with Gasteiger partial charge in [0.2, 0.25) is 5.82 Å². The molecule has 4 atom stereocenters. The Bertz CT molecular complexity index is 549. The summed E-state index contributed by atoms with van der Waals surface area (Å²) in [5.74, 6) is 3.47. The number of nitrogens with zero attached hydrogens (tertiary/aromatic N) is 2. The molecule has 1 aromatic rings. The van der Waals surface area contributed by atoms with E-state index in [-0.39, 0.29) is 5.69 Å². The van der Waals surface area contributed by atoms with Crippen LogP contribution in [0.4, 0.5) is 11.5 Å². The molecule has 1 aromatic heterocycles. The first-order valence-corrected chi connectivity index (χ1v) is 7.09. The zero-order chi connectivity index (χ0) is 13.1. The highest BCUT2D eigenvalue weighted by Gasteiger charge is 2.65. The van der Waals surface area contributed by atoms with E-state index in [9.17, 15) is 10.1 Å². The van der Waals surface area contributed by atoms with E-state index in [4.69, 9.17) is 11.6 Å². The number of nitro groups is 1. The molecule has 0 amide bonds. The molecular weight excluding hydrogens is 266 g/mol. The first-order valence-electron chi connectivity index (χ1n) is 6.71. The van der Waals surface area contributed by atoms with Crippen LogP contribution in [0.5, 0.6) is 0 Å². The van der Waals surface area contributed by atoms with E-state index in [1.54, 1.807) is 0 Å². The summed E-state index contributed by atoms with van der Waals surface area (Å²) in [6.07, 6.45) is 5.49. The number of aromatic nitrogens is 1. The Balaban J connectivity index is 1.57. The predicted octanol–water partition coefficient (Wildman–Crippen LogP) is 3.10. The number of nitrogens with one attached hydrogen (secondary N) is 1. The summed E-state index contributed by atoms with van der Waals surface area (Å²) in [5, 5.41) is 14.6. The molecule has 3 aliphatic rings. The molecule has 0 radical (unpaired) electrons. The monoisotopic (exact) mass is 279 g/mol. The van der Waals surface area contributed by atoms with Crippen molar-refractivity contribution < 1.29 is 4.92 Å². The molecule has 19 heavy (non-hydrogen) atoms. The second-order valence-electron chi connectivity index (χ2n) is 5.94. The topological polar surface area (TPSA) is 68.1 Å². The summed E-state index contributed by atoms with van der Waals surface area (Å²) < 4.78 is 0. The minimum absolute atomic E-state index is 0.0233. The van der Waals surface area contributed by atoms with Gasteiger partial charge in [-0.2, -0.15) is 0 Å². The molecule has 0 aromatic carbocycles. The van der Waals surface area contributed by atoms with Gasteiger partial charge in [-0.05, 0) is 42.9 Å². The lowest BCUT2D eigenvalue weighted by Gasteiger charge is -2.11. The SMILES string of the molecule is O=[N+]([O-])c1cc(Cl)cnc1NC1C2C3CCC(C3)C12. The van der Waals surface area contributed by atoms with Crippen LogP contribution in [-0.2, 0) is 0 Å². The van der Waals surface area contributed by atoms with Gasteiger partial charge in [0.1, 0.15) is 0 Å². The second kappa shape index (κ2) is 3.82. The lowest BCUT2D eigenvalue weighted by atomic mass is 10.0. The molecule has 4 unspecified atom stereocenters. The van der Waals surface area contributed by atoms with Crippen LogP contribution in [0, 0.1) is 33.8 Å². The quantitative estimate of drug-likeness (QED) is 0.682. The molecule has 0 saturated heterocycles.